The summed E-state index contributed by atoms with van der Waals surface area (Å²) in [5, 5.41) is 10.4. The molecule has 1 aromatic heterocycles. The summed E-state index contributed by atoms with van der Waals surface area (Å²) >= 11 is 0. The number of amides is 2. The molecule has 0 aliphatic carbocycles. The molecule has 0 fully saturated rings. The lowest BCUT2D eigenvalue weighted by molar-refractivity contribution is -0.137. The topological polar surface area (TPSA) is 76.0 Å². The van der Waals surface area contributed by atoms with Crippen LogP contribution in [0.25, 0.3) is 28.1 Å². The first-order valence-electron chi connectivity index (χ1n) is 14.8. The second-order valence-corrected chi connectivity index (χ2v) is 11.0. The highest BCUT2D eigenvalue weighted by Crippen LogP contribution is 2.32. The van der Waals surface area contributed by atoms with Gasteiger partial charge in [-0.15, -0.1) is 0 Å². The van der Waals surface area contributed by atoms with Gasteiger partial charge in [-0.2, -0.15) is 18.3 Å². The molecule has 0 bridgehead atoms. The molecule has 2 amide bonds. The van der Waals surface area contributed by atoms with Crippen molar-refractivity contribution in [3.05, 3.63) is 161 Å². The molecule has 47 heavy (non-hydrogen) atoms. The zero-order valence-electron chi connectivity index (χ0n) is 25.3. The predicted molar refractivity (Wildman–Crippen MR) is 176 cm³/mol. The van der Waals surface area contributed by atoms with Gasteiger partial charge in [0.05, 0.1) is 22.6 Å². The normalized spacial score (nSPS) is 11.2. The van der Waals surface area contributed by atoms with Gasteiger partial charge >= 0.3 is 6.18 Å². The van der Waals surface area contributed by atoms with Crippen LogP contribution < -0.4 is 10.6 Å². The Labute approximate surface area is 269 Å². The Morgan fingerprint density at radius 2 is 1.43 bits per heavy atom. The highest BCUT2D eigenvalue weighted by atomic mass is 19.4. The molecule has 2 N–H and O–H groups in total. The number of rotatable bonds is 8. The lowest BCUT2D eigenvalue weighted by atomic mass is 9.98. The van der Waals surface area contributed by atoms with Crippen molar-refractivity contribution in [2.45, 2.75) is 19.6 Å². The van der Waals surface area contributed by atoms with Gasteiger partial charge < -0.3 is 10.6 Å². The summed E-state index contributed by atoms with van der Waals surface area (Å²) in [6, 6.07) is 37.7. The van der Waals surface area contributed by atoms with Crippen molar-refractivity contribution in [1.29, 1.82) is 0 Å². The number of alkyl halides is 3. The summed E-state index contributed by atoms with van der Waals surface area (Å²) in [5.74, 6) is -0.773. The average molecular weight is 631 g/mol. The SMILES string of the molecule is Cc1cc(-c2ccccc2)n(-c2ccc(CNC(=O)c3cccc(NC(=O)c4ccccc4-c4ccc(C(F)(F)F)cc4)c3)cc2)n1. The van der Waals surface area contributed by atoms with Crippen molar-refractivity contribution < 1.29 is 22.8 Å². The van der Waals surface area contributed by atoms with E-state index in [1.165, 1.54) is 12.1 Å². The second kappa shape index (κ2) is 13.2. The van der Waals surface area contributed by atoms with Crippen molar-refractivity contribution in [1.82, 2.24) is 15.1 Å². The fourth-order valence-corrected chi connectivity index (χ4v) is 5.26. The summed E-state index contributed by atoms with van der Waals surface area (Å²) in [5.41, 5.74) is 5.98. The number of benzene rings is 5. The zero-order valence-corrected chi connectivity index (χ0v) is 25.3. The maximum absolute atomic E-state index is 13.3. The highest BCUT2D eigenvalue weighted by molar-refractivity contribution is 6.09. The van der Waals surface area contributed by atoms with E-state index in [-0.39, 0.29) is 11.5 Å². The van der Waals surface area contributed by atoms with Crippen molar-refractivity contribution in [2.24, 2.45) is 0 Å². The van der Waals surface area contributed by atoms with Crippen molar-refractivity contribution in [3.63, 3.8) is 0 Å². The number of halogens is 3. The Bertz CT molecular complexity index is 2040. The fourth-order valence-electron chi connectivity index (χ4n) is 5.26. The van der Waals surface area contributed by atoms with E-state index in [0.717, 1.165) is 40.3 Å². The molecule has 6 rings (SSSR count). The van der Waals surface area contributed by atoms with Crippen LogP contribution in [0.4, 0.5) is 18.9 Å². The van der Waals surface area contributed by atoms with Gasteiger partial charge in [0, 0.05) is 28.9 Å². The minimum absolute atomic E-state index is 0.284. The molecule has 9 heteroatoms. The lowest BCUT2D eigenvalue weighted by Gasteiger charge is -2.13. The summed E-state index contributed by atoms with van der Waals surface area (Å²) in [4.78, 5) is 26.3. The molecule has 0 unspecified atom stereocenters. The smallest absolute Gasteiger partial charge is 0.348 e. The number of hydrogen-bond acceptors (Lipinski definition) is 3. The van der Waals surface area contributed by atoms with Crippen molar-refractivity contribution in [3.8, 4) is 28.1 Å². The molecule has 1 heterocycles. The van der Waals surface area contributed by atoms with Crippen LogP contribution >= 0.6 is 0 Å². The fraction of sp³-hybridized carbons (Fsp3) is 0.0789. The van der Waals surface area contributed by atoms with E-state index in [2.05, 4.69) is 15.7 Å². The van der Waals surface area contributed by atoms with E-state index in [9.17, 15) is 22.8 Å². The third-order valence-corrected chi connectivity index (χ3v) is 7.61. The largest absolute Gasteiger partial charge is 0.416 e. The molecule has 0 aliphatic rings. The van der Waals surface area contributed by atoms with E-state index in [4.69, 9.17) is 0 Å². The molecule has 0 radical (unpaired) electrons. The molecular weight excluding hydrogens is 601 g/mol. The summed E-state index contributed by atoms with van der Waals surface area (Å²) in [7, 11) is 0. The lowest BCUT2D eigenvalue weighted by Crippen LogP contribution is -2.23. The molecule has 0 spiro atoms. The van der Waals surface area contributed by atoms with Crippen LogP contribution in [0.5, 0.6) is 0 Å². The molecule has 234 valence electrons. The number of anilines is 1. The molecule has 0 saturated carbocycles. The number of nitrogens with zero attached hydrogens (tertiary/aromatic N) is 2. The standard InChI is InChI=1S/C38H29F3N4O2/c1-25-22-35(28-8-3-2-4-9-28)45(44-25)32-20-14-26(15-21-32)24-42-36(46)29-10-7-11-31(23-29)43-37(47)34-13-6-5-12-33(34)27-16-18-30(19-17-27)38(39,40)41/h2-23H,24H2,1H3,(H,42,46)(H,43,47). The minimum Gasteiger partial charge on any atom is -0.348 e. The summed E-state index contributed by atoms with van der Waals surface area (Å²) < 4.78 is 41.0. The van der Waals surface area contributed by atoms with Gasteiger partial charge in [-0.25, -0.2) is 4.68 Å². The Kier molecular flexibility index (Phi) is 8.71. The van der Waals surface area contributed by atoms with Crippen LogP contribution in [0.2, 0.25) is 0 Å². The first-order valence-corrected chi connectivity index (χ1v) is 14.8. The predicted octanol–water partition coefficient (Wildman–Crippen LogP) is 8.72. The zero-order chi connectivity index (χ0) is 33.0. The van der Waals surface area contributed by atoms with Crippen LogP contribution in [0.15, 0.2) is 133 Å². The Morgan fingerprint density at radius 3 is 2.15 bits per heavy atom. The van der Waals surface area contributed by atoms with Crippen LogP contribution in [0.3, 0.4) is 0 Å². The number of hydrogen-bond donors (Lipinski definition) is 2. The third-order valence-electron chi connectivity index (χ3n) is 7.61. The summed E-state index contributed by atoms with van der Waals surface area (Å²) in [6.45, 7) is 2.25. The van der Waals surface area contributed by atoms with Gasteiger partial charge in [0.1, 0.15) is 0 Å². The molecule has 0 aliphatic heterocycles. The Hall–Kier alpha value is -5.96. The number of nitrogens with one attached hydrogen (secondary N) is 2. The van der Waals surface area contributed by atoms with Crippen molar-refractivity contribution >= 4 is 17.5 Å². The highest BCUT2D eigenvalue weighted by Gasteiger charge is 2.30. The Balaban J connectivity index is 1.11. The molecule has 6 nitrogen and oxygen atoms in total. The maximum atomic E-state index is 13.3. The van der Waals surface area contributed by atoms with Crippen molar-refractivity contribution in [2.75, 3.05) is 5.32 Å². The van der Waals surface area contributed by atoms with Gasteiger partial charge in [-0.05, 0) is 78.2 Å². The minimum atomic E-state index is -4.45. The van der Waals surface area contributed by atoms with Gasteiger partial charge in [0.2, 0.25) is 0 Å². The molecule has 0 atom stereocenters. The molecule has 0 saturated heterocycles. The van der Waals surface area contributed by atoms with Gasteiger partial charge in [-0.3, -0.25) is 9.59 Å². The molecule has 6 aromatic rings. The first-order chi connectivity index (χ1) is 22.7. The average Bonchev–Trinajstić information content (AvgIpc) is 3.49. The molecular formula is C38H29F3N4O2. The number of carbonyl (C=O) groups is 2. The van der Waals surface area contributed by atoms with Crippen LogP contribution in [0.1, 0.15) is 37.5 Å². The quantitative estimate of drug-likeness (QED) is 0.177. The third kappa shape index (κ3) is 7.15. The van der Waals surface area contributed by atoms with E-state index >= 15 is 0 Å². The number of aryl methyl sites for hydroxylation is 1. The van der Waals surface area contributed by atoms with E-state index in [1.54, 1.807) is 48.5 Å². The first kappa shape index (κ1) is 31.0. The van der Waals surface area contributed by atoms with Gasteiger partial charge in [0.25, 0.3) is 11.8 Å². The van der Waals surface area contributed by atoms with E-state index in [0.29, 0.717) is 28.9 Å². The van der Waals surface area contributed by atoms with E-state index in [1.807, 2.05) is 72.3 Å². The Morgan fingerprint density at radius 1 is 0.723 bits per heavy atom. The van der Waals surface area contributed by atoms with Gasteiger partial charge in [-0.1, -0.05) is 78.9 Å². The van der Waals surface area contributed by atoms with Crippen LogP contribution in [0, 0.1) is 6.92 Å². The molecule has 5 aromatic carbocycles. The van der Waals surface area contributed by atoms with E-state index < -0.39 is 17.6 Å². The monoisotopic (exact) mass is 630 g/mol. The van der Waals surface area contributed by atoms with Gasteiger partial charge in [0.15, 0.2) is 0 Å². The second-order valence-electron chi connectivity index (χ2n) is 11.0. The number of aromatic nitrogens is 2. The summed E-state index contributed by atoms with van der Waals surface area (Å²) in [6.07, 6.45) is -4.45. The maximum Gasteiger partial charge on any atom is 0.416 e. The van der Waals surface area contributed by atoms with Crippen LogP contribution in [-0.4, -0.2) is 21.6 Å². The number of carbonyl (C=O) groups excluding carboxylic acids is 2. The van der Waals surface area contributed by atoms with Crippen LogP contribution in [-0.2, 0) is 12.7 Å².